The lowest BCUT2D eigenvalue weighted by molar-refractivity contribution is -0.118. The Morgan fingerprint density at radius 2 is 1.40 bits per heavy atom. The molecule has 2 fully saturated rings. The van der Waals surface area contributed by atoms with E-state index in [1.807, 2.05) is 29.9 Å². The second-order valence-electron chi connectivity index (χ2n) is 13.9. The number of imidazole rings is 2. The fraction of sp³-hybridized carbons (Fsp3) is 0.515. The summed E-state index contributed by atoms with van der Waals surface area (Å²) in [5, 5.41) is 24.8. The highest BCUT2D eigenvalue weighted by Crippen LogP contribution is 2.44. The number of nitrogens with zero attached hydrogens (tertiary/aromatic N) is 8. The van der Waals surface area contributed by atoms with E-state index in [-0.39, 0.29) is 35.2 Å². The summed E-state index contributed by atoms with van der Waals surface area (Å²) in [7, 11) is 0. The predicted molar refractivity (Wildman–Crippen MR) is 169 cm³/mol. The summed E-state index contributed by atoms with van der Waals surface area (Å²) in [6.07, 6.45) is 6.43. The molecule has 0 saturated heterocycles. The van der Waals surface area contributed by atoms with E-state index in [1.165, 1.54) is 0 Å². The molecule has 2 amide bonds. The zero-order valence-corrected chi connectivity index (χ0v) is 26.2. The first-order valence-electron chi connectivity index (χ1n) is 15.7. The van der Waals surface area contributed by atoms with Crippen LogP contribution in [-0.4, -0.2) is 40.9 Å². The van der Waals surface area contributed by atoms with Crippen molar-refractivity contribution in [1.82, 2.24) is 29.1 Å². The number of hydrogen-bond donors (Lipinski definition) is 2. The normalized spacial score (nSPS) is 18.9. The van der Waals surface area contributed by atoms with Crippen LogP contribution in [0.4, 0.5) is 11.9 Å². The van der Waals surface area contributed by atoms with Crippen molar-refractivity contribution in [2.24, 2.45) is 17.3 Å². The van der Waals surface area contributed by atoms with Crippen molar-refractivity contribution in [2.45, 2.75) is 91.1 Å². The number of nitrogens with one attached hydrogen (secondary N) is 2. The molecule has 0 spiro atoms. The molecule has 2 aliphatic carbocycles. The average molecular weight is 607 g/mol. The van der Waals surface area contributed by atoms with E-state index in [2.05, 4.69) is 49.6 Å². The lowest BCUT2D eigenvalue weighted by Crippen LogP contribution is -2.31. The molecule has 1 unspecified atom stereocenters. The fourth-order valence-electron chi connectivity index (χ4n) is 6.48. The molecular weight excluding hydrogens is 568 g/mol. The van der Waals surface area contributed by atoms with Crippen LogP contribution in [0.25, 0.3) is 22.3 Å². The third kappa shape index (κ3) is 6.37. The molecule has 4 aromatic heterocycles. The quantitative estimate of drug-likeness (QED) is 0.233. The van der Waals surface area contributed by atoms with Crippen LogP contribution >= 0.6 is 0 Å². The van der Waals surface area contributed by atoms with Crippen LogP contribution in [0.5, 0.6) is 0 Å². The molecule has 232 valence electrons. The van der Waals surface area contributed by atoms with Gasteiger partial charge < -0.3 is 0 Å². The SMILES string of the molecule is CC(CC(=O)Nc1nc2ccc(C#N)nc2n1C1CCC1)CC1CC(n2c(NC(=O)CC(C)(C)C)nc3ccc(C#N)nc32)C1. The van der Waals surface area contributed by atoms with Gasteiger partial charge in [-0.2, -0.15) is 10.5 Å². The number of anilines is 2. The van der Waals surface area contributed by atoms with Crippen LogP contribution in [0.2, 0.25) is 0 Å². The number of rotatable bonds is 9. The summed E-state index contributed by atoms with van der Waals surface area (Å²) >= 11 is 0. The van der Waals surface area contributed by atoms with Gasteiger partial charge in [-0.25, -0.2) is 19.9 Å². The zero-order chi connectivity index (χ0) is 31.9. The second-order valence-corrected chi connectivity index (χ2v) is 13.9. The topological polar surface area (TPSA) is 167 Å². The number of hydrogen-bond acceptors (Lipinski definition) is 8. The summed E-state index contributed by atoms with van der Waals surface area (Å²) in [5.41, 5.74) is 3.01. The molecule has 4 aromatic rings. The minimum absolute atomic E-state index is 0.0839. The number of pyridine rings is 2. The molecule has 4 heterocycles. The van der Waals surface area contributed by atoms with Crippen LogP contribution in [-0.2, 0) is 9.59 Å². The predicted octanol–water partition coefficient (Wildman–Crippen LogP) is 6.03. The largest absolute Gasteiger partial charge is 0.296 e. The van der Waals surface area contributed by atoms with E-state index in [4.69, 9.17) is 0 Å². The van der Waals surface area contributed by atoms with Gasteiger partial charge in [-0.15, -0.1) is 0 Å². The van der Waals surface area contributed by atoms with E-state index in [1.54, 1.807) is 24.3 Å². The summed E-state index contributed by atoms with van der Waals surface area (Å²) < 4.78 is 3.96. The highest BCUT2D eigenvalue weighted by atomic mass is 16.2. The Kier molecular flexibility index (Phi) is 8.00. The molecule has 2 saturated carbocycles. The van der Waals surface area contributed by atoms with Crippen LogP contribution in [0.15, 0.2) is 24.3 Å². The maximum Gasteiger partial charge on any atom is 0.227 e. The van der Waals surface area contributed by atoms with Crippen LogP contribution < -0.4 is 10.6 Å². The van der Waals surface area contributed by atoms with Crippen molar-refractivity contribution < 1.29 is 9.59 Å². The number of fused-ring (bicyclic) bond motifs is 2. The van der Waals surface area contributed by atoms with Gasteiger partial charge in [0.2, 0.25) is 23.7 Å². The van der Waals surface area contributed by atoms with Crippen molar-refractivity contribution in [3.8, 4) is 12.1 Å². The summed E-state index contributed by atoms with van der Waals surface area (Å²) in [6.45, 7) is 8.14. The Morgan fingerprint density at radius 3 is 1.89 bits per heavy atom. The first-order chi connectivity index (χ1) is 21.5. The lowest BCUT2D eigenvalue weighted by atomic mass is 9.74. The first-order valence-corrected chi connectivity index (χ1v) is 15.7. The molecule has 0 aromatic carbocycles. The molecule has 12 heteroatoms. The van der Waals surface area contributed by atoms with Gasteiger partial charge in [0.25, 0.3) is 0 Å². The van der Waals surface area contributed by atoms with Crippen LogP contribution in [0.3, 0.4) is 0 Å². The molecular formula is C33H38N10O2. The monoisotopic (exact) mass is 606 g/mol. The van der Waals surface area contributed by atoms with Crippen molar-refractivity contribution in [1.29, 1.82) is 10.5 Å². The molecule has 2 N–H and O–H groups in total. The van der Waals surface area contributed by atoms with Crippen molar-refractivity contribution >= 4 is 46.0 Å². The Balaban J connectivity index is 1.10. The van der Waals surface area contributed by atoms with E-state index < -0.39 is 0 Å². The maximum atomic E-state index is 13.2. The number of carbonyl (C=O) groups is 2. The summed E-state index contributed by atoms with van der Waals surface area (Å²) in [4.78, 5) is 44.3. The molecule has 0 bridgehead atoms. The zero-order valence-electron chi connectivity index (χ0n) is 26.2. The van der Waals surface area contributed by atoms with Crippen LogP contribution in [0.1, 0.15) is 103 Å². The van der Waals surface area contributed by atoms with Gasteiger partial charge in [0, 0.05) is 24.9 Å². The van der Waals surface area contributed by atoms with E-state index >= 15 is 0 Å². The van der Waals surface area contributed by atoms with Gasteiger partial charge in [-0.05, 0) is 80.0 Å². The van der Waals surface area contributed by atoms with Gasteiger partial charge >= 0.3 is 0 Å². The van der Waals surface area contributed by atoms with Crippen LogP contribution in [0, 0.1) is 39.9 Å². The maximum absolute atomic E-state index is 13.2. The van der Waals surface area contributed by atoms with Gasteiger partial charge in [0.1, 0.15) is 34.6 Å². The smallest absolute Gasteiger partial charge is 0.227 e. The number of amides is 2. The molecule has 6 rings (SSSR count). The molecule has 1 atom stereocenters. The number of aromatic nitrogens is 6. The summed E-state index contributed by atoms with van der Waals surface area (Å²) in [6, 6.07) is 11.3. The Morgan fingerprint density at radius 1 is 0.867 bits per heavy atom. The van der Waals surface area contributed by atoms with Gasteiger partial charge in [0.05, 0.1) is 0 Å². The lowest BCUT2D eigenvalue weighted by Gasteiger charge is -2.38. The fourth-order valence-corrected chi connectivity index (χ4v) is 6.48. The standard InChI is InChI=1S/C33H38N10O2/c1-19(13-27(44)40-31-38-25-10-8-21(17-34)36-29(25)42(31)23-6-5-7-23)12-20-14-24(15-20)43-30-26(11-9-22(18-35)37-30)39-32(43)41-28(45)16-33(2,3)4/h8-11,19-20,23-24H,5-7,12-16H2,1-4H3,(H,38,40,44)(H,39,41,45). The minimum Gasteiger partial charge on any atom is -0.296 e. The van der Waals surface area contributed by atoms with Gasteiger partial charge in [0.15, 0.2) is 11.3 Å². The first kappa shape index (κ1) is 30.2. The van der Waals surface area contributed by atoms with Crippen molar-refractivity contribution in [3.63, 3.8) is 0 Å². The van der Waals surface area contributed by atoms with Gasteiger partial charge in [-0.1, -0.05) is 27.7 Å². The number of nitriles is 2. The third-order valence-corrected chi connectivity index (χ3v) is 8.78. The second kappa shape index (κ2) is 11.9. The van der Waals surface area contributed by atoms with E-state index in [9.17, 15) is 20.1 Å². The van der Waals surface area contributed by atoms with Crippen molar-refractivity contribution in [3.05, 3.63) is 35.7 Å². The van der Waals surface area contributed by atoms with Gasteiger partial charge in [-0.3, -0.25) is 29.4 Å². The Hall–Kier alpha value is -4.84. The van der Waals surface area contributed by atoms with E-state index in [0.29, 0.717) is 64.4 Å². The summed E-state index contributed by atoms with van der Waals surface area (Å²) in [5.74, 6) is 1.31. The molecule has 0 radical (unpaired) electrons. The third-order valence-electron chi connectivity index (χ3n) is 8.78. The molecule has 0 aliphatic heterocycles. The Bertz CT molecular complexity index is 1860. The average Bonchev–Trinajstić information content (AvgIpc) is 3.44. The molecule has 12 nitrogen and oxygen atoms in total. The molecule has 45 heavy (non-hydrogen) atoms. The van der Waals surface area contributed by atoms with E-state index in [0.717, 1.165) is 38.5 Å². The number of carbonyl (C=O) groups excluding carboxylic acids is 2. The minimum atomic E-state index is -0.168. The van der Waals surface area contributed by atoms with Crippen molar-refractivity contribution in [2.75, 3.05) is 10.6 Å². The molecule has 2 aliphatic rings. The highest BCUT2D eigenvalue weighted by molar-refractivity contribution is 5.92. The Labute approximate surface area is 261 Å². The highest BCUT2D eigenvalue weighted by Gasteiger charge is 2.35.